The third-order valence-electron chi connectivity index (χ3n) is 6.15. The van der Waals surface area contributed by atoms with Gasteiger partial charge in [-0.3, -0.25) is 0 Å². The normalized spacial score (nSPS) is 20.4. The van der Waals surface area contributed by atoms with Crippen molar-refractivity contribution in [3.05, 3.63) is 48.7 Å². The molecule has 0 aliphatic heterocycles. The summed E-state index contributed by atoms with van der Waals surface area (Å²) < 4.78 is 9.29. The maximum atomic E-state index is 9.98. The summed E-state index contributed by atoms with van der Waals surface area (Å²) in [6.45, 7) is 2.62. The molecule has 0 amide bonds. The molecule has 162 valence electrons. The summed E-state index contributed by atoms with van der Waals surface area (Å²) in [6, 6.07) is 6.47. The number of rotatable bonds is 6. The summed E-state index contributed by atoms with van der Waals surface area (Å²) in [6.07, 6.45) is 11.1. The molecule has 8 nitrogen and oxygen atoms in total. The molecule has 4 aromatic heterocycles. The Morgan fingerprint density at radius 1 is 1.23 bits per heavy atom. The molecule has 0 saturated heterocycles. The molecule has 4 heterocycles. The Hall–Kier alpha value is -2.97. The van der Waals surface area contributed by atoms with Crippen molar-refractivity contribution >= 4 is 17.1 Å². The van der Waals surface area contributed by atoms with Crippen LogP contribution in [0.5, 0.6) is 0 Å². The lowest BCUT2D eigenvalue weighted by Crippen LogP contribution is -2.23. The number of fused-ring (bicyclic) bond motifs is 2. The molecule has 0 radical (unpaired) electrons. The first-order valence-electron chi connectivity index (χ1n) is 10.9. The summed E-state index contributed by atoms with van der Waals surface area (Å²) in [4.78, 5) is 8.93. The van der Waals surface area contributed by atoms with E-state index in [-0.39, 0.29) is 12.1 Å². The van der Waals surface area contributed by atoms with Crippen LogP contribution in [0.25, 0.3) is 22.3 Å². The van der Waals surface area contributed by atoms with E-state index in [1.165, 1.54) is 5.69 Å². The van der Waals surface area contributed by atoms with Crippen molar-refractivity contribution < 1.29 is 9.84 Å². The SMILES string of the molecule is COC[C@H](C)Nc1ncc2c(-c3ccc4nccn4c3)cc(C3CCC(O)CC3)n2n1. The van der Waals surface area contributed by atoms with E-state index >= 15 is 0 Å². The van der Waals surface area contributed by atoms with E-state index in [4.69, 9.17) is 9.84 Å². The fourth-order valence-electron chi connectivity index (χ4n) is 4.57. The van der Waals surface area contributed by atoms with E-state index in [1.807, 2.05) is 34.3 Å². The van der Waals surface area contributed by atoms with E-state index < -0.39 is 0 Å². The highest BCUT2D eigenvalue weighted by Gasteiger charge is 2.25. The number of nitrogens with one attached hydrogen (secondary N) is 1. The average Bonchev–Trinajstić information content (AvgIpc) is 3.38. The highest BCUT2D eigenvalue weighted by Crippen LogP contribution is 2.37. The number of imidazole rings is 1. The monoisotopic (exact) mass is 420 g/mol. The first-order chi connectivity index (χ1) is 15.1. The number of aromatic nitrogens is 5. The molecule has 1 aliphatic rings. The van der Waals surface area contributed by atoms with Crippen molar-refractivity contribution in [1.82, 2.24) is 24.0 Å². The Morgan fingerprint density at radius 3 is 2.87 bits per heavy atom. The van der Waals surface area contributed by atoms with Crippen molar-refractivity contribution in [3.63, 3.8) is 0 Å². The minimum atomic E-state index is -0.188. The van der Waals surface area contributed by atoms with Crippen LogP contribution in [-0.2, 0) is 4.74 Å². The van der Waals surface area contributed by atoms with Crippen LogP contribution in [0.15, 0.2) is 43.0 Å². The Labute approximate surface area is 180 Å². The van der Waals surface area contributed by atoms with Crippen molar-refractivity contribution in [3.8, 4) is 11.1 Å². The van der Waals surface area contributed by atoms with Crippen molar-refractivity contribution in [2.75, 3.05) is 19.0 Å². The standard InChI is InChI=1S/C23H28N6O2/c1-15(14-31-2)26-23-25-12-21-19(17-5-8-22-24-9-10-28(22)13-17)11-20(29(21)27-23)16-3-6-18(30)7-4-16/h5,8-13,15-16,18,30H,3-4,6-7,14H2,1-2H3,(H,26,27)/t15-,16?,18?/m0/s1. The van der Waals surface area contributed by atoms with Gasteiger partial charge in [-0.05, 0) is 50.8 Å². The summed E-state index contributed by atoms with van der Waals surface area (Å²) in [5.41, 5.74) is 5.27. The lowest BCUT2D eigenvalue weighted by Gasteiger charge is -2.25. The second kappa shape index (κ2) is 8.28. The van der Waals surface area contributed by atoms with Crippen LogP contribution in [-0.4, -0.2) is 55.0 Å². The number of anilines is 1. The van der Waals surface area contributed by atoms with Crippen LogP contribution in [0.4, 0.5) is 5.95 Å². The molecule has 1 fully saturated rings. The van der Waals surface area contributed by atoms with Crippen molar-refractivity contribution in [2.45, 2.75) is 50.7 Å². The Kier molecular flexibility index (Phi) is 5.33. The maximum Gasteiger partial charge on any atom is 0.241 e. The Bertz CT molecular complexity index is 1190. The molecule has 1 saturated carbocycles. The minimum Gasteiger partial charge on any atom is -0.393 e. The molecule has 0 unspecified atom stereocenters. The first-order valence-corrected chi connectivity index (χ1v) is 10.9. The largest absolute Gasteiger partial charge is 0.393 e. The van der Waals surface area contributed by atoms with Gasteiger partial charge in [-0.2, -0.15) is 0 Å². The predicted octanol–water partition coefficient (Wildman–Crippen LogP) is 3.51. The van der Waals surface area contributed by atoms with Crippen molar-refractivity contribution in [1.29, 1.82) is 0 Å². The van der Waals surface area contributed by atoms with Crippen LogP contribution in [0, 0.1) is 0 Å². The molecule has 0 spiro atoms. The maximum absolute atomic E-state index is 9.98. The Balaban J connectivity index is 1.60. The zero-order valence-corrected chi connectivity index (χ0v) is 17.9. The van der Waals surface area contributed by atoms with Gasteiger partial charge in [0.15, 0.2) is 0 Å². The fraction of sp³-hybridized carbons (Fsp3) is 0.435. The molecule has 5 rings (SSSR count). The topological polar surface area (TPSA) is 89.0 Å². The fourth-order valence-corrected chi connectivity index (χ4v) is 4.57. The van der Waals surface area contributed by atoms with E-state index in [1.54, 1.807) is 13.3 Å². The third-order valence-corrected chi connectivity index (χ3v) is 6.15. The zero-order chi connectivity index (χ0) is 21.4. The van der Waals surface area contributed by atoms with Gasteiger partial charge >= 0.3 is 0 Å². The van der Waals surface area contributed by atoms with Crippen LogP contribution in [0.2, 0.25) is 0 Å². The summed E-state index contributed by atoms with van der Waals surface area (Å²) in [5, 5.41) is 18.2. The van der Waals surface area contributed by atoms with E-state index in [2.05, 4.69) is 33.6 Å². The average molecular weight is 421 g/mol. The predicted molar refractivity (Wildman–Crippen MR) is 119 cm³/mol. The number of ether oxygens (including phenoxy) is 1. The number of hydrogen-bond donors (Lipinski definition) is 2. The molecule has 8 heteroatoms. The van der Waals surface area contributed by atoms with Crippen LogP contribution >= 0.6 is 0 Å². The number of hydrogen-bond acceptors (Lipinski definition) is 6. The quantitative estimate of drug-likeness (QED) is 0.496. The first kappa shape index (κ1) is 20.0. The number of nitrogens with zero attached hydrogens (tertiary/aromatic N) is 5. The van der Waals surface area contributed by atoms with Gasteiger partial charge in [0.2, 0.25) is 5.95 Å². The Morgan fingerprint density at radius 2 is 2.06 bits per heavy atom. The van der Waals surface area contributed by atoms with Gasteiger partial charge in [-0.15, -0.1) is 5.10 Å². The number of methoxy groups -OCH3 is 1. The van der Waals surface area contributed by atoms with E-state index in [9.17, 15) is 5.11 Å². The van der Waals surface area contributed by atoms with Gasteiger partial charge in [0.05, 0.1) is 24.4 Å². The smallest absolute Gasteiger partial charge is 0.241 e. The van der Waals surface area contributed by atoms with E-state index in [0.29, 0.717) is 18.5 Å². The number of pyridine rings is 1. The van der Waals surface area contributed by atoms with Crippen LogP contribution in [0.3, 0.4) is 0 Å². The molecule has 0 aromatic carbocycles. The molecule has 1 atom stereocenters. The van der Waals surface area contributed by atoms with Gasteiger partial charge in [0.1, 0.15) is 5.65 Å². The van der Waals surface area contributed by atoms with Crippen LogP contribution < -0.4 is 5.32 Å². The summed E-state index contributed by atoms with van der Waals surface area (Å²) in [5.74, 6) is 0.946. The van der Waals surface area contributed by atoms with Gasteiger partial charge in [-0.25, -0.2) is 14.5 Å². The van der Waals surface area contributed by atoms with Crippen LogP contribution in [0.1, 0.15) is 44.2 Å². The highest BCUT2D eigenvalue weighted by molar-refractivity contribution is 5.81. The van der Waals surface area contributed by atoms with Crippen molar-refractivity contribution in [2.24, 2.45) is 0 Å². The minimum absolute atomic E-state index is 0.106. The highest BCUT2D eigenvalue weighted by atomic mass is 16.5. The lowest BCUT2D eigenvalue weighted by atomic mass is 9.85. The summed E-state index contributed by atoms with van der Waals surface area (Å²) in [7, 11) is 1.69. The number of aliphatic hydroxyl groups is 1. The molecular formula is C23H28N6O2. The van der Waals surface area contributed by atoms with Gasteiger partial charge < -0.3 is 19.6 Å². The second-order valence-corrected chi connectivity index (χ2v) is 8.48. The number of aliphatic hydroxyl groups excluding tert-OH is 1. The third kappa shape index (κ3) is 3.88. The van der Waals surface area contributed by atoms with Gasteiger partial charge in [-0.1, -0.05) is 0 Å². The molecule has 4 aromatic rings. The molecular weight excluding hydrogens is 392 g/mol. The summed E-state index contributed by atoms with van der Waals surface area (Å²) >= 11 is 0. The second-order valence-electron chi connectivity index (χ2n) is 8.48. The van der Waals surface area contributed by atoms with E-state index in [0.717, 1.165) is 48.0 Å². The molecule has 31 heavy (non-hydrogen) atoms. The molecule has 2 N–H and O–H groups in total. The lowest BCUT2D eigenvalue weighted by molar-refractivity contribution is 0.121. The molecule has 1 aliphatic carbocycles. The zero-order valence-electron chi connectivity index (χ0n) is 17.9. The van der Waals surface area contributed by atoms with Gasteiger partial charge in [0, 0.05) is 54.5 Å². The van der Waals surface area contributed by atoms with Gasteiger partial charge in [0.25, 0.3) is 0 Å². The molecule has 0 bridgehead atoms.